The molecule has 1 aliphatic carbocycles. The molecule has 3 heterocycles. The van der Waals surface area contributed by atoms with Crippen LogP contribution in [0.15, 0.2) is 23.2 Å². The third-order valence-electron chi connectivity index (χ3n) is 10.5. The van der Waals surface area contributed by atoms with Gasteiger partial charge in [0.25, 0.3) is 0 Å². The average molecular weight is 721 g/mol. The Kier molecular flexibility index (Phi) is 14.7. The predicted octanol–water partition coefficient (Wildman–Crippen LogP) is 5.43. The molecular weight excluding hydrogens is 664 g/mol. The minimum Gasteiger partial charge on any atom is -0.381 e. The monoisotopic (exact) mass is 720 g/mol. The number of halogens is 1. The Morgan fingerprint density at radius 2 is 1.82 bits per heavy atom. The summed E-state index contributed by atoms with van der Waals surface area (Å²) in [6, 6.07) is 6.21. The first-order valence-corrected chi connectivity index (χ1v) is 19.6. The van der Waals surface area contributed by atoms with Crippen LogP contribution in [0.5, 0.6) is 0 Å². The number of morpholine rings is 1. The molecule has 274 valence electrons. The lowest BCUT2D eigenvalue weighted by atomic mass is 9.89. The van der Waals surface area contributed by atoms with Crippen LogP contribution in [-0.2, 0) is 41.5 Å². The van der Waals surface area contributed by atoms with E-state index >= 15 is 0 Å². The fraction of sp³-hybridized carbons (Fsp3) is 0.757. The van der Waals surface area contributed by atoms with Crippen molar-refractivity contribution in [2.24, 2.45) is 10.9 Å². The lowest BCUT2D eigenvalue weighted by molar-refractivity contribution is -0.160. The van der Waals surface area contributed by atoms with Crippen molar-refractivity contribution in [3.8, 4) is 0 Å². The standard InChI is InChI=1S/C37H57ClN4O6S/c1-27(2)35-39-31(25-49-35)36(44)41-19-22-48-37(26-41)15-17-40(18-16-37)23-29-10-8-9-28(34(29)38)13-20-47-21-14-32(43)42(24-33(45-3)46-4)30-11-6-5-7-12-30/h8-10,27,30-31,33H,5-7,11-26H2,1-4H3. The van der Waals surface area contributed by atoms with Gasteiger partial charge in [0.1, 0.15) is 6.04 Å². The van der Waals surface area contributed by atoms with Crippen molar-refractivity contribution in [2.45, 2.75) is 102 Å². The highest BCUT2D eigenvalue weighted by Gasteiger charge is 2.42. The van der Waals surface area contributed by atoms with Crippen molar-refractivity contribution in [3.05, 3.63) is 34.3 Å². The Morgan fingerprint density at radius 3 is 2.51 bits per heavy atom. The zero-order chi connectivity index (χ0) is 34.8. The first-order chi connectivity index (χ1) is 23.7. The quantitative estimate of drug-likeness (QED) is 0.175. The van der Waals surface area contributed by atoms with E-state index in [1.807, 2.05) is 9.80 Å². The summed E-state index contributed by atoms with van der Waals surface area (Å²) in [6.45, 7) is 10.0. The molecule has 1 spiro atoms. The van der Waals surface area contributed by atoms with Gasteiger partial charge in [-0.05, 0) is 43.2 Å². The van der Waals surface area contributed by atoms with Crippen molar-refractivity contribution in [2.75, 3.05) is 72.5 Å². The molecule has 0 N–H and O–H groups in total. The van der Waals surface area contributed by atoms with Gasteiger partial charge in [0.05, 0.1) is 43.4 Å². The molecule has 0 bridgehead atoms. The fourth-order valence-corrected chi connectivity index (χ4v) is 8.89. The number of ether oxygens (including phenoxy) is 4. The van der Waals surface area contributed by atoms with Crippen molar-refractivity contribution in [3.63, 3.8) is 0 Å². The van der Waals surface area contributed by atoms with E-state index in [-0.39, 0.29) is 29.5 Å². The Bertz CT molecular complexity index is 1270. The maximum Gasteiger partial charge on any atom is 0.248 e. The summed E-state index contributed by atoms with van der Waals surface area (Å²) in [6.07, 6.45) is 7.96. The molecule has 1 aromatic carbocycles. The minimum atomic E-state index is -0.427. The number of amides is 2. The lowest BCUT2D eigenvalue weighted by Crippen LogP contribution is -2.59. The second-order valence-corrected chi connectivity index (χ2v) is 15.7. The topological polar surface area (TPSA) is 93.1 Å². The molecule has 1 saturated carbocycles. The largest absolute Gasteiger partial charge is 0.381 e. The highest BCUT2D eigenvalue weighted by Crippen LogP contribution is 2.33. The molecule has 1 unspecified atom stereocenters. The zero-order valence-corrected chi connectivity index (χ0v) is 31.6. The van der Waals surface area contributed by atoms with Crippen LogP contribution in [0.1, 0.15) is 76.3 Å². The van der Waals surface area contributed by atoms with Gasteiger partial charge in [-0.2, -0.15) is 0 Å². The number of hydrogen-bond acceptors (Lipinski definition) is 9. The Morgan fingerprint density at radius 1 is 1.08 bits per heavy atom. The summed E-state index contributed by atoms with van der Waals surface area (Å²) in [7, 11) is 3.22. The maximum atomic E-state index is 13.3. The van der Waals surface area contributed by atoms with Crippen LogP contribution in [0, 0.1) is 5.92 Å². The van der Waals surface area contributed by atoms with Crippen LogP contribution in [-0.4, -0.2) is 128 Å². The first-order valence-electron chi connectivity index (χ1n) is 18.3. The van der Waals surface area contributed by atoms with Crippen LogP contribution < -0.4 is 0 Å². The highest BCUT2D eigenvalue weighted by molar-refractivity contribution is 8.14. The first kappa shape index (κ1) is 38.5. The molecule has 0 aromatic heterocycles. The minimum absolute atomic E-state index is 0.0922. The second kappa shape index (κ2) is 18.7. The van der Waals surface area contributed by atoms with E-state index in [0.29, 0.717) is 58.2 Å². The van der Waals surface area contributed by atoms with E-state index < -0.39 is 6.29 Å². The van der Waals surface area contributed by atoms with Crippen LogP contribution in [0.2, 0.25) is 5.02 Å². The van der Waals surface area contributed by atoms with Gasteiger partial charge in [0.2, 0.25) is 11.8 Å². The number of benzene rings is 1. The van der Waals surface area contributed by atoms with Gasteiger partial charge < -0.3 is 28.7 Å². The molecular formula is C37H57ClN4O6S. The number of likely N-dealkylation sites (tertiary alicyclic amines) is 1. The molecule has 0 radical (unpaired) electrons. The summed E-state index contributed by atoms with van der Waals surface area (Å²) in [5.74, 6) is 1.36. The zero-order valence-electron chi connectivity index (χ0n) is 30.0. The molecule has 1 atom stereocenters. The average Bonchev–Trinajstić information content (AvgIpc) is 3.62. The molecule has 2 saturated heterocycles. The normalized spacial score (nSPS) is 21.9. The summed E-state index contributed by atoms with van der Waals surface area (Å²) in [4.78, 5) is 37.7. The third kappa shape index (κ3) is 10.4. The predicted molar refractivity (Wildman–Crippen MR) is 195 cm³/mol. The lowest BCUT2D eigenvalue weighted by Gasteiger charge is -2.47. The smallest absolute Gasteiger partial charge is 0.248 e. The number of piperidine rings is 1. The number of methoxy groups -OCH3 is 2. The fourth-order valence-electron chi connectivity index (χ4n) is 7.53. The van der Waals surface area contributed by atoms with Gasteiger partial charge in [-0.1, -0.05) is 62.9 Å². The van der Waals surface area contributed by atoms with Crippen molar-refractivity contribution < 1.29 is 28.5 Å². The summed E-state index contributed by atoms with van der Waals surface area (Å²) in [5.41, 5.74) is 1.88. The Labute approximate surface area is 302 Å². The van der Waals surface area contributed by atoms with Crippen molar-refractivity contribution in [1.29, 1.82) is 0 Å². The van der Waals surface area contributed by atoms with Gasteiger partial charge in [0.15, 0.2) is 6.29 Å². The Hall–Kier alpha value is -1.73. The van der Waals surface area contributed by atoms with E-state index in [9.17, 15) is 9.59 Å². The van der Waals surface area contributed by atoms with Crippen LogP contribution in [0.4, 0.5) is 0 Å². The molecule has 49 heavy (non-hydrogen) atoms. The van der Waals surface area contributed by atoms with Crippen molar-refractivity contribution in [1.82, 2.24) is 14.7 Å². The third-order valence-corrected chi connectivity index (χ3v) is 12.4. The number of nitrogens with zero attached hydrogens (tertiary/aromatic N) is 4. The number of carbonyl (C=O) groups excluding carboxylic acids is 2. The number of aliphatic imine (C=N–C) groups is 1. The van der Waals surface area contributed by atoms with Gasteiger partial charge in [-0.3, -0.25) is 19.5 Å². The van der Waals surface area contributed by atoms with E-state index in [4.69, 9.17) is 35.5 Å². The summed E-state index contributed by atoms with van der Waals surface area (Å²) in [5, 5.41) is 1.88. The number of rotatable bonds is 15. The molecule has 3 aliphatic heterocycles. The van der Waals surface area contributed by atoms with Crippen LogP contribution in [0.25, 0.3) is 0 Å². The highest BCUT2D eigenvalue weighted by atomic mass is 35.5. The molecule has 4 aliphatic rings. The van der Waals surface area contributed by atoms with Crippen LogP contribution in [0.3, 0.4) is 0 Å². The van der Waals surface area contributed by atoms with Gasteiger partial charge in [0, 0.05) is 69.7 Å². The molecule has 5 rings (SSSR count). The van der Waals surface area contributed by atoms with Gasteiger partial charge in [-0.25, -0.2) is 0 Å². The molecule has 3 fully saturated rings. The Balaban J connectivity index is 1.06. The summed E-state index contributed by atoms with van der Waals surface area (Å²) < 4.78 is 23.1. The number of hydrogen-bond donors (Lipinski definition) is 0. The SMILES string of the molecule is COC(CN(C(=O)CCOCCc1cccc(CN2CCC3(CC2)CN(C(=O)C2CSC(C(C)C)=N2)CCO3)c1Cl)C1CCCCC1)OC. The number of carbonyl (C=O) groups is 2. The summed E-state index contributed by atoms with van der Waals surface area (Å²) >= 11 is 8.66. The molecule has 12 heteroatoms. The van der Waals surface area contributed by atoms with Gasteiger partial charge in [-0.15, -0.1) is 11.8 Å². The van der Waals surface area contributed by atoms with E-state index in [1.54, 1.807) is 26.0 Å². The second-order valence-electron chi connectivity index (χ2n) is 14.3. The van der Waals surface area contributed by atoms with E-state index in [1.165, 1.54) is 6.42 Å². The van der Waals surface area contributed by atoms with E-state index in [0.717, 1.165) is 85.1 Å². The molecule has 1 aromatic rings. The van der Waals surface area contributed by atoms with E-state index in [2.05, 4.69) is 36.9 Å². The van der Waals surface area contributed by atoms with Crippen molar-refractivity contribution >= 4 is 40.2 Å². The van der Waals surface area contributed by atoms with Gasteiger partial charge >= 0.3 is 0 Å². The van der Waals surface area contributed by atoms with Crippen LogP contribution >= 0.6 is 23.4 Å². The number of thioether (sulfide) groups is 1. The molecule has 10 nitrogen and oxygen atoms in total. The molecule has 2 amide bonds. The maximum absolute atomic E-state index is 13.3.